The Kier molecular flexibility index (Phi) is 3.63. The predicted molar refractivity (Wildman–Crippen MR) is 58.0 cm³/mol. The Labute approximate surface area is 88.7 Å². The van der Waals surface area contributed by atoms with E-state index in [1.807, 2.05) is 20.9 Å². The number of anilines is 1. The largest absolute Gasteiger partial charge is 0.381 e. The first-order valence-corrected chi connectivity index (χ1v) is 4.82. The molecule has 0 heterocycles. The van der Waals surface area contributed by atoms with E-state index in [0.717, 1.165) is 18.2 Å². The van der Waals surface area contributed by atoms with E-state index in [9.17, 15) is 8.78 Å². The van der Waals surface area contributed by atoms with E-state index < -0.39 is 11.6 Å². The number of nitrogens with one attached hydrogen (secondary N) is 2. The summed E-state index contributed by atoms with van der Waals surface area (Å²) in [6, 6.07) is 3.37. The summed E-state index contributed by atoms with van der Waals surface area (Å²) in [7, 11) is 1.82. The van der Waals surface area contributed by atoms with Crippen molar-refractivity contribution in [1.82, 2.24) is 5.32 Å². The Morgan fingerprint density at radius 3 is 2.53 bits per heavy atom. The Morgan fingerprint density at radius 1 is 1.27 bits per heavy atom. The van der Waals surface area contributed by atoms with Gasteiger partial charge in [0, 0.05) is 12.1 Å². The van der Waals surface area contributed by atoms with Crippen LogP contribution in [0.4, 0.5) is 14.5 Å². The van der Waals surface area contributed by atoms with Gasteiger partial charge in [-0.1, -0.05) is 0 Å². The molecular weight excluding hydrogens is 198 g/mol. The number of likely N-dealkylation sites (N-methyl/N-ethyl adjacent to an activating group) is 1. The molecule has 1 rings (SSSR count). The van der Waals surface area contributed by atoms with Crippen LogP contribution in [-0.2, 0) is 0 Å². The normalized spacial score (nSPS) is 11.5. The molecule has 4 heteroatoms. The maximum Gasteiger partial charge on any atom is 0.146 e. The quantitative estimate of drug-likeness (QED) is 0.804. The van der Waals surface area contributed by atoms with Gasteiger partial charge >= 0.3 is 0 Å². The number of hydrogen-bond acceptors (Lipinski definition) is 2. The molecule has 0 aromatic heterocycles. The third-order valence-corrected chi connectivity index (χ3v) is 2.33. The van der Waals surface area contributed by atoms with Crippen LogP contribution in [0, 0.1) is 11.6 Å². The molecule has 0 radical (unpaired) electrons. The first kappa shape index (κ1) is 11.9. The Balaban J connectivity index is 2.69. The average Bonchev–Trinajstić information content (AvgIpc) is 2.20. The minimum atomic E-state index is -0.443. The van der Waals surface area contributed by atoms with E-state index in [2.05, 4.69) is 10.6 Å². The summed E-state index contributed by atoms with van der Waals surface area (Å²) in [6.45, 7) is 4.46. The zero-order valence-corrected chi connectivity index (χ0v) is 9.20. The lowest BCUT2D eigenvalue weighted by molar-refractivity contribution is 0.447. The third kappa shape index (κ3) is 3.47. The second kappa shape index (κ2) is 4.57. The van der Waals surface area contributed by atoms with Crippen molar-refractivity contribution >= 4 is 5.69 Å². The Morgan fingerprint density at radius 2 is 1.93 bits per heavy atom. The van der Waals surface area contributed by atoms with Crippen molar-refractivity contribution in [2.24, 2.45) is 0 Å². The molecule has 1 aromatic rings. The van der Waals surface area contributed by atoms with Gasteiger partial charge in [-0.3, -0.25) is 0 Å². The summed E-state index contributed by atoms with van der Waals surface area (Å²) in [4.78, 5) is 0. The zero-order chi connectivity index (χ0) is 11.5. The van der Waals surface area contributed by atoms with Crippen molar-refractivity contribution in [3.8, 4) is 0 Å². The van der Waals surface area contributed by atoms with Gasteiger partial charge in [0.25, 0.3) is 0 Å². The maximum absolute atomic E-state index is 13.2. The molecule has 0 atom stereocenters. The number of halogens is 2. The molecule has 15 heavy (non-hydrogen) atoms. The lowest BCUT2D eigenvalue weighted by Crippen LogP contribution is -2.42. The minimum absolute atomic E-state index is 0.168. The summed E-state index contributed by atoms with van der Waals surface area (Å²) < 4.78 is 26.0. The van der Waals surface area contributed by atoms with Crippen molar-refractivity contribution in [2.75, 3.05) is 18.9 Å². The van der Waals surface area contributed by atoms with Gasteiger partial charge in [0.05, 0.1) is 5.69 Å². The second-order valence-electron chi connectivity index (χ2n) is 4.11. The van der Waals surface area contributed by atoms with Gasteiger partial charge in [-0.15, -0.1) is 0 Å². The van der Waals surface area contributed by atoms with Crippen LogP contribution in [0.25, 0.3) is 0 Å². The van der Waals surface area contributed by atoms with Gasteiger partial charge < -0.3 is 10.6 Å². The number of rotatable bonds is 4. The standard InChI is InChI=1S/C11H16F2N2/c1-11(2,14-3)7-15-10-6-8(12)4-5-9(10)13/h4-6,14-15H,7H2,1-3H3. The average molecular weight is 214 g/mol. The zero-order valence-electron chi connectivity index (χ0n) is 9.20. The highest BCUT2D eigenvalue weighted by molar-refractivity contribution is 5.45. The van der Waals surface area contributed by atoms with Crippen LogP contribution in [0.2, 0.25) is 0 Å². The van der Waals surface area contributed by atoms with Crippen molar-refractivity contribution in [3.63, 3.8) is 0 Å². The van der Waals surface area contributed by atoms with E-state index in [0.29, 0.717) is 6.54 Å². The van der Waals surface area contributed by atoms with Gasteiger partial charge in [-0.25, -0.2) is 8.78 Å². The Bertz CT molecular complexity index is 337. The van der Waals surface area contributed by atoms with Crippen molar-refractivity contribution in [3.05, 3.63) is 29.8 Å². The van der Waals surface area contributed by atoms with Crippen LogP contribution in [0.3, 0.4) is 0 Å². The van der Waals surface area contributed by atoms with Gasteiger partial charge in [-0.05, 0) is 39.1 Å². The second-order valence-corrected chi connectivity index (χ2v) is 4.11. The number of hydrogen-bond donors (Lipinski definition) is 2. The monoisotopic (exact) mass is 214 g/mol. The van der Waals surface area contributed by atoms with Crippen LogP contribution in [0.5, 0.6) is 0 Å². The van der Waals surface area contributed by atoms with E-state index >= 15 is 0 Å². The molecule has 2 N–H and O–H groups in total. The molecular formula is C11H16F2N2. The van der Waals surface area contributed by atoms with Crippen LogP contribution < -0.4 is 10.6 Å². The molecule has 0 amide bonds. The molecule has 0 bridgehead atoms. The lowest BCUT2D eigenvalue weighted by atomic mass is 10.1. The highest BCUT2D eigenvalue weighted by Crippen LogP contribution is 2.16. The smallest absolute Gasteiger partial charge is 0.146 e. The molecule has 0 aliphatic carbocycles. The van der Waals surface area contributed by atoms with Gasteiger partial charge in [0.1, 0.15) is 11.6 Å². The van der Waals surface area contributed by atoms with Crippen LogP contribution >= 0.6 is 0 Å². The molecule has 0 aliphatic heterocycles. The molecule has 0 unspecified atom stereocenters. The van der Waals surface area contributed by atoms with Gasteiger partial charge in [-0.2, -0.15) is 0 Å². The van der Waals surface area contributed by atoms with E-state index in [1.54, 1.807) is 0 Å². The van der Waals surface area contributed by atoms with Crippen LogP contribution in [-0.4, -0.2) is 19.1 Å². The summed E-state index contributed by atoms with van der Waals surface area (Å²) in [5, 5.41) is 5.93. The van der Waals surface area contributed by atoms with Crippen molar-refractivity contribution < 1.29 is 8.78 Å². The molecule has 1 aromatic carbocycles. The fourth-order valence-electron chi connectivity index (χ4n) is 1.04. The molecule has 0 spiro atoms. The fourth-order valence-corrected chi connectivity index (χ4v) is 1.04. The predicted octanol–water partition coefficient (Wildman–Crippen LogP) is 2.37. The minimum Gasteiger partial charge on any atom is -0.381 e. The molecule has 2 nitrogen and oxygen atoms in total. The summed E-state index contributed by atoms with van der Waals surface area (Å²) in [5.41, 5.74) is 0.0250. The molecule has 0 aliphatic rings. The van der Waals surface area contributed by atoms with Crippen molar-refractivity contribution in [1.29, 1.82) is 0 Å². The van der Waals surface area contributed by atoms with Crippen molar-refractivity contribution in [2.45, 2.75) is 19.4 Å². The van der Waals surface area contributed by atoms with E-state index in [-0.39, 0.29) is 11.2 Å². The summed E-state index contributed by atoms with van der Waals surface area (Å²) >= 11 is 0. The summed E-state index contributed by atoms with van der Waals surface area (Å²) in [6.07, 6.45) is 0. The number of benzene rings is 1. The fraction of sp³-hybridized carbons (Fsp3) is 0.455. The van der Waals surface area contributed by atoms with Gasteiger partial charge in [0.2, 0.25) is 0 Å². The maximum atomic E-state index is 13.2. The van der Waals surface area contributed by atoms with Crippen LogP contribution in [0.15, 0.2) is 18.2 Å². The van der Waals surface area contributed by atoms with E-state index in [1.165, 1.54) is 0 Å². The highest BCUT2D eigenvalue weighted by Gasteiger charge is 2.14. The molecule has 84 valence electrons. The lowest BCUT2D eigenvalue weighted by Gasteiger charge is -2.25. The topological polar surface area (TPSA) is 24.1 Å². The van der Waals surface area contributed by atoms with Crippen LogP contribution in [0.1, 0.15) is 13.8 Å². The third-order valence-electron chi connectivity index (χ3n) is 2.33. The SMILES string of the molecule is CNC(C)(C)CNc1cc(F)ccc1F. The first-order valence-electron chi connectivity index (χ1n) is 4.82. The first-order chi connectivity index (χ1) is 6.94. The molecule has 0 saturated heterocycles. The molecule has 0 saturated carbocycles. The molecule has 0 fully saturated rings. The van der Waals surface area contributed by atoms with Gasteiger partial charge in [0.15, 0.2) is 0 Å². The Hall–Kier alpha value is -1.16. The highest BCUT2D eigenvalue weighted by atomic mass is 19.1. The summed E-state index contributed by atoms with van der Waals surface area (Å²) in [5.74, 6) is -0.885. The van der Waals surface area contributed by atoms with E-state index in [4.69, 9.17) is 0 Å².